The lowest BCUT2D eigenvalue weighted by Crippen LogP contribution is -2.32. The zero-order chi connectivity index (χ0) is 15.8. The second kappa shape index (κ2) is 5.49. The van der Waals surface area contributed by atoms with Crippen molar-refractivity contribution >= 4 is 19.7 Å². The third kappa shape index (κ3) is 3.24. The lowest BCUT2D eigenvalue weighted by molar-refractivity contribution is 0.578. The van der Waals surface area contributed by atoms with Gasteiger partial charge in [-0.1, -0.05) is 0 Å². The van der Waals surface area contributed by atoms with Crippen LogP contribution in [0.4, 0.5) is 0 Å². The summed E-state index contributed by atoms with van der Waals surface area (Å²) in [5.41, 5.74) is -0.270. The zero-order valence-corrected chi connectivity index (χ0v) is 12.9. The van der Waals surface area contributed by atoms with Crippen molar-refractivity contribution in [1.82, 2.24) is 19.3 Å². The Hall–Kier alpha value is -1.87. The maximum absolute atomic E-state index is 11.8. The van der Waals surface area contributed by atoms with Crippen LogP contribution >= 0.6 is 10.7 Å². The van der Waals surface area contributed by atoms with E-state index in [9.17, 15) is 18.0 Å². The van der Waals surface area contributed by atoms with Gasteiger partial charge in [-0.15, -0.1) is 0 Å². The van der Waals surface area contributed by atoms with E-state index in [2.05, 4.69) is 5.10 Å². The Labute approximate surface area is 124 Å². The van der Waals surface area contributed by atoms with Gasteiger partial charge in [0.15, 0.2) is 4.90 Å². The minimum atomic E-state index is -4.23. The van der Waals surface area contributed by atoms with E-state index >= 15 is 0 Å². The summed E-state index contributed by atoms with van der Waals surface area (Å²) in [6, 6.07) is 1.77. The minimum absolute atomic E-state index is 0.0731. The van der Waals surface area contributed by atoms with Crippen molar-refractivity contribution in [2.45, 2.75) is 31.8 Å². The van der Waals surface area contributed by atoms with E-state index in [4.69, 9.17) is 10.7 Å². The van der Waals surface area contributed by atoms with Crippen molar-refractivity contribution < 1.29 is 8.42 Å². The number of hydrogen-bond acceptors (Lipinski definition) is 5. The van der Waals surface area contributed by atoms with E-state index in [1.165, 1.54) is 0 Å². The van der Waals surface area contributed by atoms with Crippen molar-refractivity contribution in [3.63, 3.8) is 0 Å². The molecule has 2 heterocycles. The summed E-state index contributed by atoms with van der Waals surface area (Å²) in [5, 5.41) is 4.23. The molecule has 0 aliphatic heterocycles. The maximum atomic E-state index is 11.8. The molecule has 2 aromatic heterocycles. The van der Waals surface area contributed by atoms with Gasteiger partial charge in [0.2, 0.25) is 0 Å². The van der Waals surface area contributed by atoms with Gasteiger partial charge in [0.05, 0.1) is 17.9 Å². The van der Waals surface area contributed by atoms with Crippen LogP contribution in [0, 0.1) is 6.92 Å². The van der Waals surface area contributed by atoms with E-state index in [1.807, 2.05) is 11.9 Å². The molecule has 2 aromatic rings. The highest BCUT2D eigenvalue weighted by Gasteiger charge is 2.18. The number of rotatable bonds is 4. The molecule has 1 N–H and O–H groups in total. The first-order valence-electron chi connectivity index (χ1n) is 6.04. The van der Waals surface area contributed by atoms with Crippen LogP contribution in [-0.4, -0.2) is 27.7 Å². The fraction of sp³-hybridized carbons (Fsp3) is 0.364. The standard InChI is InChI=1S/C11H13ClN4O4S/c1-3-16-8(4-7(2)14-16)5-15-6-9(21(12,19)20)10(17)13-11(15)18/h4,6H,3,5H2,1-2H3,(H,13,17,18). The molecule has 0 aromatic carbocycles. The fourth-order valence-corrected chi connectivity index (χ4v) is 2.81. The van der Waals surface area contributed by atoms with Crippen LogP contribution in [0.5, 0.6) is 0 Å². The van der Waals surface area contributed by atoms with E-state index < -0.39 is 25.2 Å². The van der Waals surface area contributed by atoms with Gasteiger partial charge in [-0.05, 0) is 19.9 Å². The zero-order valence-electron chi connectivity index (χ0n) is 11.3. The number of nitrogens with one attached hydrogen (secondary N) is 1. The first kappa shape index (κ1) is 15.5. The van der Waals surface area contributed by atoms with Crippen molar-refractivity contribution in [2.75, 3.05) is 0 Å². The molecule has 21 heavy (non-hydrogen) atoms. The Morgan fingerprint density at radius 1 is 1.38 bits per heavy atom. The third-order valence-electron chi connectivity index (χ3n) is 2.86. The van der Waals surface area contributed by atoms with Gasteiger partial charge in [0.25, 0.3) is 14.6 Å². The largest absolute Gasteiger partial charge is 0.328 e. The quantitative estimate of drug-likeness (QED) is 0.795. The molecular weight excluding hydrogens is 320 g/mol. The van der Waals surface area contributed by atoms with Crippen LogP contribution in [0.25, 0.3) is 0 Å². The van der Waals surface area contributed by atoms with Gasteiger partial charge in [-0.2, -0.15) is 5.10 Å². The van der Waals surface area contributed by atoms with E-state index in [-0.39, 0.29) is 6.54 Å². The Morgan fingerprint density at radius 3 is 2.62 bits per heavy atom. The van der Waals surface area contributed by atoms with Gasteiger partial charge in [0, 0.05) is 23.4 Å². The van der Waals surface area contributed by atoms with Gasteiger partial charge < -0.3 is 0 Å². The fourth-order valence-electron chi connectivity index (χ4n) is 1.96. The van der Waals surface area contributed by atoms with Crippen LogP contribution in [0.15, 0.2) is 26.7 Å². The molecule has 8 nitrogen and oxygen atoms in total. The Morgan fingerprint density at radius 2 is 2.05 bits per heavy atom. The summed E-state index contributed by atoms with van der Waals surface area (Å²) in [4.78, 5) is 24.5. The lowest BCUT2D eigenvalue weighted by Gasteiger charge is -2.08. The predicted molar refractivity (Wildman–Crippen MR) is 76.1 cm³/mol. The second-order valence-electron chi connectivity index (χ2n) is 4.41. The van der Waals surface area contributed by atoms with E-state index in [0.717, 1.165) is 16.5 Å². The van der Waals surface area contributed by atoms with Gasteiger partial charge in [-0.3, -0.25) is 19.0 Å². The summed E-state index contributed by atoms with van der Waals surface area (Å²) in [5.74, 6) is 0. The van der Waals surface area contributed by atoms with Crippen molar-refractivity contribution in [3.05, 3.63) is 44.5 Å². The normalized spacial score (nSPS) is 11.8. The summed E-state index contributed by atoms with van der Waals surface area (Å²) in [6.07, 6.45) is 0.936. The number of nitrogens with zero attached hydrogens (tertiary/aromatic N) is 3. The first-order chi connectivity index (χ1) is 9.72. The molecule has 0 fully saturated rings. The molecule has 0 radical (unpaired) electrons. The highest BCUT2D eigenvalue weighted by atomic mass is 35.7. The molecule has 0 spiro atoms. The van der Waals surface area contributed by atoms with Crippen molar-refractivity contribution in [3.8, 4) is 0 Å². The molecule has 114 valence electrons. The Bertz CT molecular complexity index is 894. The molecule has 0 saturated heterocycles. The Kier molecular flexibility index (Phi) is 4.06. The van der Waals surface area contributed by atoms with Crippen LogP contribution in [0.1, 0.15) is 18.3 Å². The molecule has 0 atom stereocenters. The summed E-state index contributed by atoms with van der Waals surface area (Å²) in [7, 11) is 0.944. The van der Waals surface area contributed by atoms with Crippen LogP contribution < -0.4 is 11.2 Å². The lowest BCUT2D eigenvalue weighted by atomic mass is 10.3. The molecule has 0 amide bonds. The average molecular weight is 333 g/mol. The highest BCUT2D eigenvalue weighted by molar-refractivity contribution is 8.13. The maximum Gasteiger partial charge on any atom is 0.328 e. The monoisotopic (exact) mass is 332 g/mol. The number of halogens is 1. The van der Waals surface area contributed by atoms with E-state index in [0.29, 0.717) is 12.2 Å². The Balaban J connectivity index is 2.55. The third-order valence-corrected chi connectivity index (χ3v) is 4.17. The van der Waals surface area contributed by atoms with Crippen LogP contribution in [0.3, 0.4) is 0 Å². The summed E-state index contributed by atoms with van der Waals surface area (Å²) >= 11 is 0. The number of H-pyrrole nitrogens is 1. The van der Waals surface area contributed by atoms with Gasteiger partial charge in [0.1, 0.15) is 0 Å². The highest BCUT2D eigenvalue weighted by Crippen LogP contribution is 2.09. The first-order valence-corrected chi connectivity index (χ1v) is 8.35. The van der Waals surface area contributed by atoms with E-state index in [1.54, 1.807) is 17.7 Å². The summed E-state index contributed by atoms with van der Waals surface area (Å²) in [6.45, 7) is 4.37. The van der Waals surface area contributed by atoms with Crippen LogP contribution in [0.2, 0.25) is 0 Å². The molecule has 10 heteroatoms. The predicted octanol–water partition coefficient (Wildman–Crippen LogP) is 0.0372. The number of aromatic nitrogens is 4. The molecule has 0 unspecified atom stereocenters. The van der Waals surface area contributed by atoms with Gasteiger partial charge in [-0.25, -0.2) is 13.2 Å². The number of aryl methyl sites for hydroxylation is 2. The minimum Gasteiger partial charge on any atom is -0.293 e. The van der Waals surface area contributed by atoms with Crippen LogP contribution in [-0.2, 0) is 22.1 Å². The number of aromatic amines is 1. The SMILES string of the molecule is CCn1nc(C)cc1Cn1cc(S(=O)(=O)Cl)c(=O)[nH]c1=O. The van der Waals surface area contributed by atoms with Crippen molar-refractivity contribution in [2.24, 2.45) is 0 Å². The molecular formula is C11H13ClN4O4S. The van der Waals surface area contributed by atoms with Gasteiger partial charge >= 0.3 is 5.69 Å². The molecule has 0 saturated carbocycles. The smallest absolute Gasteiger partial charge is 0.293 e. The van der Waals surface area contributed by atoms with Crippen molar-refractivity contribution in [1.29, 1.82) is 0 Å². The summed E-state index contributed by atoms with van der Waals surface area (Å²) < 4.78 is 25.4. The molecule has 0 aliphatic carbocycles. The number of hydrogen-bond donors (Lipinski definition) is 1. The average Bonchev–Trinajstić information content (AvgIpc) is 2.71. The molecule has 2 rings (SSSR count). The molecule has 0 bridgehead atoms. The topological polar surface area (TPSA) is 107 Å². The second-order valence-corrected chi connectivity index (χ2v) is 6.95. The molecule has 0 aliphatic rings.